The van der Waals surface area contributed by atoms with Gasteiger partial charge in [-0.15, -0.1) is 11.6 Å². The van der Waals surface area contributed by atoms with Crippen LogP contribution in [0, 0.1) is 0 Å². The number of hydrogen-bond acceptors (Lipinski definition) is 1. The van der Waals surface area contributed by atoms with Gasteiger partial charge < -0.3 is 5.73 Å². The summed E-state index contributed by atoms with van der Waals surface area (Å²) in [6, 6.07) is 0. The van der Waals surface area contributed by atoms with Gasteiger partial charge in [0.2, 0.25) is 5.91 Å². The number of alkyl halides is 1. The van der Waals surface area contributed by atoms with Crippen LogP contribution in [0.15, 0.2) is 0 Å². The van der Waals surface area contributed by atoms with E-state index in [0.717, 1.165) is 19.3 Å². The number of halogens is 1. The summed E-state index contributed by atoms with van der Waals surface area (Å²) < 4.78 is 0. The van der Waals surface area contributed by atoms with Crippen LogP contribution in [0.1, 0.15) is 46.0 Å². The highest BCUT2D eigenvalue weighted by Gasteiger charge is 2.31. The van der Waals surface area contributed by atoms with E-state index in [1.165, 1.54) is 0 Å². The molecule has 0 rings (SSSR count). The molecule has 0 aliphatic heterocycles. The fourth-order valence-corrected chi connectivity index (χ4v) is 1.55. The maximum absolute atomic E-state index is 11.0. The molecule has 0 saturated carbocycles. The van der Waals surface area contributed by atoms with Crippen LogP contribution >= 0.6 is 11.6 Å². The monoisotopic (exact) mass is 191 g/mol. The Labute approximate surface area is 79.5 Å². The molecule has 0 radical (unpaired) electrons. The van der Waals surface area contributed by atoms with Crippen molar-refractivity contribution in [2.45, 2.75) is 50.8 Å². The maximum Gasteiger partial charge on any atom is 0.238 e. The Balaban J connectivity index is 4.08. The SMILES string of the molecule is CCCCC(Cl)(CCC)C(N)=O. The Hall–Kier alpha value is -0.240. The minimum Gasteiger partial charge on any atom is -0.368 e. The molecule has 1 unspecified atom stereocenters. The van der Waals surface area contributed by atoms with E-state index in [2.05, 4.69) is 6.92 Å². The third-order valence-electron chi connectivity index (χ3n) is 2.01. The Bertz CT molecular complexity index is 149. The molecule has 12 heavy (non-hydrogen) atoms. The van der Waals surface area contributed by atoms with E-state index in [0.29, 0.717) is 12.8 Å². The van der Waals surface area contributed by atoms with Crippen molar-refractivity contribution in [3.8, 4) is 0 Å². The van der Waals surface area contributed by atoms with E-state index >= 15 is 0 Å². The lowest BCUT2D eigenvalue weighted by Gasteiger charge is -2.22. The lowest BCUT2D eigenvalue weighted by atomic mass is 9.95. The van der Waals surface area contributed by atoms with E-state index in [1.54, 1.807) is 0 Å². The average molecular weight is 192 g/mol. The van der Waals surface area contributed by atoms with Crippen LogP contribution < -0.4 is 5.73 Å². The van der Waals surface area contributed by atoms with Gasteiger partial charge in [-0.3, -0.25) is 4.79 Å². The predicted octanol–water partition coefficient (Wildman–Crippen LogP) is 2.44. The van der Waals surface area contributed by atoms with Crippen molar-refractivity contribution in [1.29, 1.82) is 0 Å². The Kier molecular flexibility index (Phi) is 5.31. The zero-order valence-electron chi connectivity index (χ0n) is 7.90. The topological polar surface area (TPSA) is 43.1 Å². The zero-order valence-corrected chi connectivity index (χ0v) is 8.66. The summed E-state index contributed by atoms with van der Waals surface area (Å²) >= 11 is 6.08. The molecule has 0 saturated heterocycles. The van der Waals surface area contributed by atoms with Gasteiger partial charge in [0.05, 0.1) is 0 Å². The van der Waals surface area contributed by atoms with Crippen molar-refractivity contribution in [3.63, 3.8) is 0 Å². The van der Waals surface area contributed by atoms with Gasteiger partial charge in [0.25, 0.3) is 0 Å². The predicted molar refractivity (Wildman–Crippen MR) is 52.2 cm³/mol. The number of carbonyl (C=O) groups is 1. The van der Waals surface area contributed by atoms with Gasteiger partial charge in [-0.25, -0.2) is 0 Å². The molecule has 0 aromatic heterocycles. The molecular weight excluding hydrogens is 174 g/mol. The molecule has 3 heteroatoms. The molecule has 0 fully saturated rings. The van der Waals surface area contributed by atoms with Gasteiger partial charge in [-0.1, -0.05) is 33.1 Å². The highest BCUT2D eigenvalue weighted by molar-refractivity contribution is 6.34. The van der Waals surface area contributed by atoms with Gasteiger partial charge in [0.1, 0.15) is 4.87 Å². The second-order valence-corrected chi connectivity index (χ2v) is 3.91. The standard InChI is InChI=1S/C9H18ClNO/c1-3-5-7-9(10,6-4-2)8(11)12/h3-7H2,1-2H3,(H2,11,12). The molecule has 0 aromatic carbocycles. The number of nitrogens with two attached hydrogens (primary N) is 1. The molecule has 72 valence electrons. The smallest absolute Gasteiger partial charge is 0.238 e. The first-order valence-corrected chi connectivity index (χ1v) is 4.93. The molecule has 0 heterocycles. The molecule has 1 atom stereocenters. The average Bonchev–Trinajstić information content (AvgIpc) is 2.01. The molecule has 2 N–H and O–H groups in total. The number of primary amides is 1. The lowest BCUT2D eigenvalue weighted by Crippen LogP contribution is -2.38. The minimum atomic E-state index is -0.787. The first-order valence-electron chi connectivity index (χ1n) is 4.55. The quantitative estimate of drug-likeness (QED) is 0.644. The Morgan fingerprint density at radius 1 is 1.33 bits per heavy atom. The van der Waals surface area contributed by atoms with Crippen LogP contribution in [0.25, 0.3) is 0 Å². The Morgan fingerprint density at radius 2 is 1.92 bits per heavy atom. The molecule has 0 bridgehead atoms. The van der Waals surface area contributed by atoms with Gasteiger partial charge in [0.15, 0.2) is 0 Å². The molecule has 0 spiro atoms. The summed E-state index contributed by atoms with van der Waals surface area (Å²) in [6.45, 7) is 4.08. The molecule has 2 nitrogen and oxygen atoms in total. The highest BCUT2D eigenvalue weighted by Crippen LogP contribution is 2.27. The summed E-state index contributed by atoms with van der Waals surface area (Å²) in [5, 5.41) is 0. The van der Waals surface area contributed by atoms with Crippen LogP contribution in [0.4, 0.5) is 0 Å². The van der Waals surface area contributed by atoms with Crippen molar-refractivity contribution < 1.29 is 4.79 Å². The second kappa shape index (κ2) is 5.41. The number of amides is 1. The van der Waals surface area contributed by atoms with Crippen LogP contribution in [0.5, 0.6) is 0 Å². The largest absolute Gasteiger partial charge is 0.368 e. The normalized spacial score (nSPS) is 15.6. The van der Waals surface area contributed by atoms with E-state index in [1.807, 2.05) is 6.92 Å². The number of unbranched alkanes of at least 4 members (excludes halogenated alkanes) is 1. The van der Waals surface area contributed by atoms with Crippen LogP contribution in [-0.2, 0) is 4.79 Å². The third kappa shape index (κ3) is 3.44. The molecule has 0 aliphatic rings. The third-order valence-corrected chi connectivity index (χ3v) is 2.58. The molecule has 0 aromatic rings. The number of carbonyl (C=O) groups excluding carboxylic acids is 1. The van der Waals surface area contributed by atoms with Gasteiger partial charge in [-0.05, 0) is 12.8 Å². The van der Waals surface area contributed by atoms with Crippen molar-refractivity contribution in [3.05, 3.63) is 0 Å². The summed E-state index contributed by atoms with van der Waals surface area (Å²) in [5.41, 5.74) is 5.23. The van der Waals surface area contributed by atoms with Crippen molar-refractivity contribution in [1.82, 2.24) is 0 Å². The van der Waals surface area contributed by atoms with Crippen molar-refractivity contribution in [2.75, 3.05) is 0 Å². The lowest BCUT2D eigenvalue weighted by molar-refractivity contribution is -0.121. The summed E-state index contributed by atoms with van der Waals surface area (Å²) in [7, 11) is 0. The Morgan fingerprint density at radius 3 is 2.25 bits per heavy atom. The molecular formula is C9H18ClNO. The zero-order chi connectivity index (χ0) is 9.61. The summed E-state index contributed by atoms with van der Waals surface area (Å²) in [5.74, 6) is -0.375. The molecule has 0 aliphatic carbocycles. The van der Waals surface area contributed by atoms with Gasteiger partial charge in [-0.2, -0.15) is 0 Å². The van der Waals surface area contributed by atoms with E-state index < -0.39 is 4.87 Å². The van der Waals surface area contributed by atoms with E-state index in [9.17, 15) is 4.79 Å². The van der Waals surface area contributed by atoms with Gasteiger partial charge in [0, 0.05) is 0 Å². The van der Waals surface area contributed by atoms with Crippen LogP contribution in [0.3, 0.4) is 0 Å². The minimum absolute atomic E-state index is 0.375. The summed E-state index contributed by atoms with van der Waals surface area (Å²) in [4.78, 5) is 10.2. The van der Waals surface area contributed by atoms with Crippen LogP contribution in [0.2, 0.25) is 0 Å². The van der Waals surface area contributed by atoms with Gasteiger partial charge >= 0.3 is 0 Å². The first-order chi connectivity index (χ1) is 5.56. The fourth-order valence-electron chi connectivity index (χ4n) is 1.22. The van der Waals surface area contributed by atoms with Crippen molar-refractivity contribution in [2.24, 2.45) is 5.73 Å². The van der Waals surface area contributed by atoms with E-state index in [4.69, 9.17) is 17.3 Å². The maximum atomic E-state index is 11.0. The van der Waals surface area contributed by atoms with E-state index in [-0.39, 0.29) is 5.91 Å². The van der Waals surface area contributed by atoms with Crippen molar-refractivity contribution >= 4 is 17.5 Å². The molecule has 1 amide bonds. The number of hydrogen-bond donors (Lipinski definition) is 1. The van der Waals surface area contributed by atoms with Crippen LogP contribution in [-0.4, -0.2) is 10.8 Å². The first kappa shape index (κ1) is 11.8. The number of rotatable bonds is 6. The summed E-state index contributed by atoms with van der Waals surface area (Å²) in [6.07, 6.45) is 4.30. The second-order valence-electron chi connectivity index (χ2n) is 3.18. The fraction of sp³-hybridized carbons (Fsp3) is 0.889. The highest BCUT2D eigenvalue weighted by atomic mass is 35.5.